The van der Waals surface area contributed by atoms with Crippen molar-refractivity contribution >= 4 is 19.9 Å². The zero-order chi connectivity index (χ0) is 14.1. The van der Waals surface area contributed by atoms with Crippen LogP contribution in [-0.2, 0) is 26.5 Å². The van der Waals surface area contributed by atoms with Crippen LogP contribution < -0.4 is 4.72 Å². The summed E-state index contributed by atoms with van der Waals surface area (Å²) in [4.78, 5) is 0. The largest absolute Gasteiger partial charge is 0.392 e. The van der Waals surface area contributed by atoms with Crippen molar-refractivity contribution in [2.75, 3.05) is 18.1 Å². The van der Waals surface area contributed by atoms with E-state index in [0.29, 0.717) is 6.42 Å². The van der Waals surface area contributed by atoms with Crippen LogP contribution in [0.4, 0.5) is 0 Å². The number of nitrogens with zero attached hydrogens (tertiary/aromatic N) is 1. The average Bonchev–Trinajstić information content (AvgIpc) is 2.93. The second kappa shape index (κ2) is 5.19. The molecule has 0 aliphatic carbocycles. The van der Waals surface area contributed by atoms with Gasteiger partial charge in [0.05, 0.1) is 24.3 Å². The van der Waals surface area contributed by atoms with E-state index < -0.39 is 26.5 Å². The molecule has 1 aromatic rings. The first-order valence-corrected chi connectivity index (χ1v) is 8.98. The monoisotopic (exact) mass is 309 g/mol. The van der Waals surface area contributed by atoms with Gasteiger partial charge in [0.15, 0.2) is 14.9 Å². The van der Waals surface area contributed by atoms with E-state index in [2.05, 4.69) is 14.9 Å². The van der Waals surface area contributed by atoms with Gasteiger partial charge in [0.25, 0.3) is 10.0 Å². The Bertz CT molecular complexity index is 649. The fraction of sp³-hybridized carbons (Fsp3) is 0.667. The fourth-order valence-corrected chi connectivity index (χ4v) is 5.07. The topological polar surface area (TPSA) is 129 Å². The molecular formula is C9H15N3O5S2. The highest BCUT2D eigenvalue weighted by Crippen LogP contribution is 2.18. The molecule has 0 bridgehead atoms. The summed E-state index contributed by atoms with van der Waals surface area (Å²) in [6.07, 6.45) is 1.69. The number of hydrogen-bond acceptors (Lipinski definition) is 6. The Kier molecular flexibility index (Phi) is 3.95. The van der Waals surface area contributed by atoms with Crippen LogP contribution in [-0.4, -0.2) is 50.2 Å². The Hall–Kier alpha value is -0.970. The summed E-state index contributed by atoms with van der Waals surface area (Å²) in [5, 5.41) is 14.7. The predicted octanol–water partition coefficient (Wildman–Crippen LogP) is -1.38. The van der Waals surface area contributed by atoms with Crippen LogP contribution >= 0.6 is 0 Å². The lowest BCUT2D eigenvalue weighted by Crippen LogP contribution is -2.30. The Labute approximate surface area is 111 Å². The first-order chi connectivity index (χ1) is 8.84. The number of aromatic amines is 1. The minimum Gasteiger partial charge on any atom is -0.392 e. The minimum absolute atomic E-state index is 0.00531. The normalized spacial score (nSPS) is 22.7. The summed E-state index contributed by atoms with van der Waals surface area (Å²) in [6, 6.07) is 0. The van der Waals surface area contributed by atoms with Gasteiger partial charge < -0.3 is 5.11 Å². The average molecular weight is 309 g/mol. The molecule has 1 fully saturated rings. The molecule has 1 aromatic heterocycles. The van der Waals surface area contributed by atoms with Crippen molar-refractivity contribution < 1.29 is 21.9 Å². The van der Waals surface area contributed by atoms with Crippen LogP contribution in [0.5, 0.6) is 0 Å². The maximum Gasteiger partial charge on any atom is 0.257 e. The molecule has 10 heteroatoms. The smallest absolute Gasteiger partial charge is 0.257 e. The van der Waals surface area contributed by atoms with E-state index >= 15 is 0 Å². The number of rotatable bonds is 5. The summed E-state index contributed by atoms with van der Waals surface area (Å²) in [5.41, 5.74) is 0.173. The lowest BCUT2D eigenvalue weighted by molar-refractivity contribution is 0.278. The van der Waals surface area contributed by atoms with Crippen LogP contribution in [0.2, 0.25) is 0 Å². The molecule has 1 unspecified atom stereocenters. The standard InChI is InChI=1S/C9H15N3O5S2/c13-5-8-4-10-12-9(8)19(16,17)11-3-7-1-2-18(14,15)6-7/h4,7,11,13H,1-3,5-6H2,(H,10,12). The van der Waals surface area contributed by atoms with Gasteiger partial charge in [0, 0.05) is 12.1 Å². The van der Waals surface area contributed by atoms with Crippen molar-refractivity contribution in [3.05, 3.63) is 11.8 Å². The maximum atomic E-state index is 11.9. The van der Waals surface area contributed by atoms with Gasteiger partial charge >= 0.3 is 0 Å². The van der Waals surface area contributed by atoms with Crippen LogP contribution in [0, 0.1) is 5.92 Å². The number of sulfone groups is 1. The Morgan fingerprint density at radius 2 is 2.26 bits per heavy atom. The molecule has 8 nitrogen and oxygen atoms in total. The summed E-state index contributed by atoms with van der Waals surface area (Å²) in [6.45, 7) is -0.379. The van der Waals surface area contributed by atoms with Crippen molar-refractivity contribution in [3.8, 4) is 0 Å². The Morgan fingerprint density at radius 3 is 2.84 bits per heavy atom. The zero-order valence-corrected chi connectivity index (χ0v) is 11.7. The van der Waals surface area contributed by atoms with E-state index in [0.717, 1.165) is 0 Å². The highest BCUT2D eigenvalue weighted by molar-refractivity contribution is 7.91. The van der Waals surface area contributed by atoms with E-state index in [1.54, 1.807) is 0 Å². The molecular weight excluding hydrogens is 294 g/mol. The molecule has 1 atom stereocenters. The number of sulfonamides is 1. The quantitative estimate of drug-likeness (QED) is 0.614. The molecule has 0 saturated carbocycles. The van der Waals surface area contributed by atoms with Gasteiger partial charge in [-0.2, -0.15) is 5.10 Å². The number of aliphatic hydroxyl groups is 1. The Morgan fingerprint density at radius 1 is 1.53 bits per heavy atom. The van der Waals surface area contributed by atoms with Gasteiger partial charge in [0.1, 0.15) is 0 Å². The van der Waals surface area contributed by atoms with Crippen molar-refractivity contribution in [3.63, 3.8) is 0 Å². The van der Waals surface area contributed by atoms with Crippen LogP contribution in [0.3, 0.4) is 0 Å². The predicted molar refractivity (Wildman–Crippen MR) is 66.5 cm³/mol. The molecule has 2 heterocycles. The third-order valence-electron chi connectivity index (χ3n) is 3.01. The van der Waals surface area contributed by atoms with Crippen LogP contribution in [0.15, 0.2) is 11.2 Å². The zero-order valence-electron chi connectivity index (χ0n) is 10.0. The van der Waals surface area contributed by atoms with Crippen LogP contribution in [0.25, 0.3) is 0 Å². The molecule has 1 saturated heterocycles. The second-order valence-corrected chi connectivity index (χ2v) is 8.44. The van der Waals surface area contributed by atoms with E-state index in [9.17, 15) is 16.8 Å². The molecule has 0 radical (unpaired) electrons. The summed E-state index contributed by atoms with van der Waals surface area (Å²) >= 11 is 0. The summed E-state index contributed by atoms with van der Waals surface area (Å²) in [7, 11) is -6.83. The van der Waals surface area contributed by atoms with Crippen molar-refractivity contribution in [2.24, 2.45) is 5.92 Å². The lowest BCUT2D eigenvalue weighted by Gasteiger charge is -2.09. The third-order valence-corrected chi connectivity index (χ3v) is 6.28. The number of aliphatic hydroxyl groups excluding tert-OH is 1. The van der Waals surface area contributed by atoms with Gasteiger partial charge in [-0.3, -0.25) is 5.10 Å². The molecule has 2 rings (SSSR count). The molecule has 1 aliphatic rings. The first kappa shape index (κ1) is 14.4. The molecule has 1 aliphatic heterocycles. The lowest BCUT2D eigenvalue weighted by atomic mass is 10.1. The van der Waals surface area contributed by atoms with Gasteiger partial charge in [-0.05, 0) is 12.3 Å². The van der Waals surface area contributed by atoms with Crippen molar-refractivity contribution in [1.29, 1.82) is 0 Å². The molecule has 0 amide bonds. The van der Waals surface area contributed by atoms with E-state index in [1.807, 2.05) is 0 Å². The number of H-pyrrole nitrogens is 1. The van der Waals surface area contributed by atoms with E-state index in [-0.39, 0.29) is 34.6 Å². The Balaban J connectivity index is 2.03. The molecule has 3 N–H and O–H groups in total. The fourth-order valence-electron chi connectivity index (χ4n) is 1.98. The van der Waals surface area contributed by atoms with Gasteiger partial charge in [-0.1, -0.05) is 0 Å². The maximum absolute atomic E-state index is 11.9. The number of aromatic nitrogens is 2. The molecule has 0 aromatic carbocycles. The van der Waals surface area contributed by atoms with Crippen molar-refractivity contribution in [1.82, 2.24) is 14.9 Å². The molecule has 0 spiro atoms. The SMILES string of the molecule is O=S1(=O)CCC(CNS(=O)(=O)c2[nH]ncc2CO)C1. The molecule has 19 heavy (non-hydrogen) atoms. The van der Waals surface area contributed by atoms with Gasteiger partial charge in [-0.25, -0.2) is 21.6 Å². The summed E-state index contributed by atoms with van der Waals surface area (Å²) < 4.78 is 48.8. The van der Waals surface area contributed by atoms with Gasteiger partial charge in [-0.15, -0.1) is 0 Å². The third kappa shape index (κ3) is 3.32. The minimum atomic E-state index is -3.81. The van der Waals surface area contributed by atoms with Crippen molar-refractivity contribution in [2.45, 2.75) is 18.1 Å². The number of nitrogens with one attached hydrogen (secondary N) is 2. The van der Waals surface area contributed by atoms with E-state index in [4.69, 9.17) is 5.11 Å². The highest BCUT2D eigenvalue weighted by Gasteiger charge is 2.29. The summed E-state index contributed by atoms with van der Waals surface area (Å²) in [5.74, 6) is -0.100. The van der Waals surface area contributed by atoms with Gasteiger partial charge in [0.2, 0.25) is 0 Å². The number of hydrogen-bond donors (Lipinski definition) is 3. The second-order valence-electron chi connectivity index (χ2n) is 4.50. The highest BCUT2D eigenvalue weighted by atomic mass is 32.2. The van der Waals surface area contributed by atoms with E-state index in [1.165, 1.54) is 6.20 Å². The molecule has 108 valence electrons. The first-order valence-electron chi connectivity index (χ1n) is 5.67. The van der Waals surface area contributed by atoms with Crippen LogP contribution in [0.1, 0.15) is 12.0 Å².